The van der Waals surface area contributed by atoms with E-state index in [2.05, 4.69) is 58.9 Å². The van der Waals surface area contributed by atoms with E-state index in [-0.39, 0.29) is 0 Å². The van der Waals surface area contributed by atoms with E-state index in [1.165, 1.54) is 54.1 Å². The summed E-state index contributed by atoms with van der Waals surface area (Å²) in [6.45, 7) is 11.7. The Kier molecular flexibility index (Phi) is 11.7. The van der Waals surface area contributed by atoms with Crippen LogP contribution >= 0.6 is 0 Å². The van der Waals surface area contributed by atoms with Gasteiger partial charge < -0.3 is 0 Å². The van der Waals surface area contributed by atoms with E-state index in [1.54, 1.807) is 26.0 Å². The van der Waals surface area contributed by atoms with Crippen LogP contribution in [0.1, 0.15) is 78.7 Å². The van der Waals surface area contributed by atoms with E-state index >= 15 is 0 Å². The number of hydrogen-bond donors (Lipinski definition) is 0. The predicted molar refractivity (Wildman–Crippen MR) is 121 cm³/mol. The van der Waals surface area contributed by atoms with Gasteiger partial charge in [0.15, 0.2) is 0 Å². The topological polar surface area (TPSA) is 9.23 Å². The van der Waals surface area contributed by atoms with Gasteiger partial charge >= 0.3 is 168 Å². The van der Waals surface area contributed by atoms with Crippen molar-refractivity contribution < 1.29 is 4.74 Å². The zero-order valence-electron chi connectivity index (χ0n) is 18.3. The molecule has 0 saturated carbocycles. The molecule has 0 aromatic heterocycles. The Bertz CT molecular complexity index is 504. The minimum absolute atomic E-state index is 0.958. The molecule has 0 N–H and O–H groups in total. The molecule has 0 aliphatic heterocycles. The first-order valence-electron chi connectivity index (χ1n) is 10.8. The molecule has 0 aliphatic carbocycles. The molecular formula is C24H42OSn. The van der Waals surface area contributed by atoms with Crippen LogP contribution in [0.15, 0.2) is 29.8 Å². The third-order valence-corrected chi connectivity index (χ3v) is 21.0. The van der Waals surface area contributed by atoms with Crippen molar-refractivity contribution in [2.75, 3.05) is 7.11 Å². The minimum atomic E-state index is -2.17. The van der Waals surface area contributed by atoms with Crippen LogP contribution in [0, 0.1) is 0 Å². The van der Waals surface area contributed by atoms with Crippen LogP contribution in [0.3, 0.4) is 0 Å². The molecule has 0 radical (unpaired) electrons. The number of benzene rings is 1. The average Bonchev–Trinajstić information content (AvgIpc) is 2.66. The van der Waals surface area contributed by atoms with Crippen LogP contribution < -0.4 is 4.74 Å². The monoisotopic (exact) mass is 466 g/mol. The Morgan fingerprint density at radius 1 is 0.808 bits per heavy atom. The summed E-state index contributed by atoms with van der Waals surface area (Å²) in [6.07, 6.45) is 8.39. The fourth-order valence-electron chi connectivity index (χ4n) is 4.03. The fourth-order valence-corrected chi connectivity index (χ4v) is 20.9. The molecule has 0 atom stereocenters. The summed E-state index contributed by atoms with van der Waals surface area (Å²) < 4.78 is 11.5. The normalized spacial score (nSPS) is 11.5. The quantitative estimate of drug-likeness (QED) is 0.266. The zero-order valence-corrected chi connectivity index (χ0v) is 21.1. The number of unbranched alkanes of at least 4 members (excludes halogenated alkanes) is 3. The second-order valence-electron chi connectivity index (χ2n) is 8.19. The van der Waals surface area contributed by atoms with Gasteiger partial charge in [0.25, 0.3) is 0 Å². The number of hydrogen-bond acceptors (Lipinski definition) is 1. The summed E-state index contributed by atoms with van der Waals surface area (Å²) in [7, 11) is 1.75. The summed E-state index contributed by atoms with van der Waals surface area (Å²) in [5, 5.41) is 0. The Morgan fingerprint density at radius 3 is 1.62 bits per heavy atom. The summed E-state index contributed by atoms with van der Waals surface area (Å²) in [6, 6.07) is 8.80. The summed E-state index contributed by atoms with van der Waals surface area (Å²) in [5.74, 6) is 0.958. The molecule has 26 heavy (non-hydrogen) atoms. The molecule has 0 unspecified atom stereocenters. The van der Waals surface area contributed by atoms with Gasteiger partial charge in [-0.15, -0.1) is 0 Å². The maximum absolute atomic E-state index is 5.37. The third-order valence-electron chi connectivity index (χ3n) is 5.78. The molecule has 0 heterocycles. The van der Waals surface area contributed by atoms with E-state index in [1.807, 2.05) is 0 Å². The number of ether oxygens (including phenoxy) is 1. The first-order chi connectivity index (χ1) is 12.5. The molecule has 0 aliphatic rings. The van der Waals surface area contributed by atoms with E-state index in [0.29, 0.717) is 0 Å². The standard InChI is InChI=1S/C12H15O.3C4H9.Sn/c1-9(2)10(3)11-5-7-12(13-4)8-6-11;3*1-3-4-2;/h5-8H,3H2,1-2,4H3;3*1,3-4H2,2H3;. The Morgan fingerprint density at radius 2 is 1.27 bits per heavy atom. The number of allylic oxidation sites excluding steroid dienone is 2. The fraction of sp³-hybridized carbons (Fsp3) is 0.667. The van der Waals surface area contributed by atoms with Gasteiger partial charge in [0.2, 0.25) is 0 Å². The first-order valence-corrected chi connectivity index (χ1v) is 18.9. The second-order valence-corrected chi connectivity index (χ2v) is 22.0. The summed E-state index contributed by atoms with van der Waals surface area (Å²) in [4.78, 5) is 0. The number of methoxy groups -OCH3 is 1. The van der Waals surface area contributed by atoms with E-state index < -0.39 is 18.4 Å². The van der Waals surface area contributed by atoms with Gasteiger partial charge in [0.05, 0.1) is 0 Å². The predicted octanol–water partition coefficient (Wildman–Crippen LogP) is 8.34. The molecule has 0 saturated heterocycles. The Hall–Kier alpha value is -0.441. The third kappa shape index (κ3) is 7.66. The van der Waals surface area contributed by atoms with Crippen molar-refractivity contribution >= 4 is 24.0 Å². The van der Waals surface area contributed by atoms with E-state index in [0.717, 1.165) is 5.75 Å². The van der Waals surface area contributed by atoms with Gasteiger partial charge in [-0.25, -0.2) is 0 Å². The first kappa shape index (κ1) is 23.6. The molecule has 1 nitrogen and oxygen atoms in total. The Balaban J connectivity index is 3.16. The molecule has 0 bridgehead atoms. The van der Waals surface area contributed by atoms with Crippen LogP contribution in [-0.4, -0.2) is 25.5 Å². The van der Waals surface area contributed by atoms with E-state index in [9.17, 15) is 0 Å². The maximum atomic E-state index is 5.37. The molecule has 2 heteroatoms. The van der Waals surface area contributed by atoms with Crippen molar-refractivity contribution in [3.8, 4) is 5.75 Å². The van der Waals surface area contributed by atoms with Crippen molar-refractivity contribution in [2.24, 2.45) is 0 Å². The van der Waals surface area contributed by atoms with Crippen molar-refractivity contribution in [1.29, 1.82) is 0 Å². The summed E-state index contributed by atoms with van der Waals surface area (Å²) in [5.41, 5.74) is 4.59. The van der Waals surface area contributed by atoms with Crippen molar-refractivity contribution in [3.63, 3.8) is 0 Å². The van der Waals surface area contributed by atoms with Gasteiger partial charge in [-0.2, -0.15) is 0 Å². The SMILES string of the molecule is CCC[CH2][Sn]([CH2]CCC)([CH2]CCC)[CH2]C(=C(C)C)c1ccc(OC)cc1. The second kappa shape index (κ2) is 12.9. The van der Waals surface area contributed by atoms with Crippen LogP contribution in [-0.2, 0) is 0 Å². The van der Waals surface area contributed by atoms with Crippen LogP contribution in [0.4, 0.5) is 0 Å². The van der Waals surface area contributed by atoms with Crippen molar-refractivity contribution in [1.82, 2.24) is 0 Å². The van der Waals surface area contributed by atoms with Crippen molar-refractivity contribution in [3.05, 3.63) is 35.4 Å². The molecule has 1 rings (SSSR count). The molecular weight excluding hydrogens is 423 g/mol. The molecule has 1 aromatic carbocycles. The number of rotatable bonds is 13. The molecule has 1 aromatic rings. The molecule has 148 valence electrons. The van der Waals surface area contributed by atoms with Crippen LogP contribution in [0.25, 0.3) is 5.57 Å². The van der Waals surface area contributed by atoms with Crippen molar-refractivity contribution in [2.45, 2.75) is 90.9 Å². The van der Waals surface area contributed by atoms with Gasteiger partial charge in [-0.1, -0.05) is 0 Å². The molecule has 0 spiro atoms. The Labute approximate surface area is 167 Å². The van der Waals surface area contributed by atoms with Gasteiger partial charge in [-0.3, -0.25) is 0 Å². The zero-order chi connectivity index (χ0) is 19.4. The summed E-state index contributed by atoms with van der Waals surface area (Å²) >= 11 is -2.17. The van der Waals surface area contributed by atoms with Crippen LogP contribution in [0.5, 0.6) is 5.75 Å². The molecule has 0 fully saturated rings. The van der Waals surface area contributed by atoms with Gasteiger partial charge in [0, 0.05) is 0 Å². The van der Waals surface area contributed by atoms with E-state index in [4.69, 9.17) is 4.74 Å². The molecule has 0 amide bonds. The average molecular weight is 465 g/mol. The van der Waals surface area contributed by atoms with Crippen LogP contribution in [0.2, 0.25) is 17.7 Å². The van der Waals surface area contributed by atoms with Gasteiger partial charge in [-0.05, 0) is 0 Å². The van der Waals surface area contributed by atoms with Gasteiger partial charge in [0.1, 0.15) is 0 Å².